The molecule has 3 nitrogen and oxygen atoms in total. The van der Waals surface area contributed by atoms with E-state index in [4.69, 9.17) is 5.73 Å². The van der Waals surface area contributed by atoms with Crippen molar-refractivity contribution in [3.05, 3.63) is 21.9 Å². The molecule has 0 aliphatic heterocycles. The Morgan fingerprint density at radius 1 is 1.62 bits per heavy atom. The molecular formula is C12H20N2OS. The van der Waals surface area contributed by atoms with Gasteiger partial charge in [0.2, 0.25) is 5.91 Å². The van der Waals surface area contributed by atoms with E-state index in [2.05, 4.69) is 25.2 Å². The zero-order chi connectivity index (χ0) is 12.0. The summed E-state index contributed by atoms with van der Waals surface area (Å²) in [5.41, 5.74) is 7.00. The van der Waals surface area contributed by atoms with E-state index in [1.807, 2.05) is 5.38 Å². The Hall–Kier alpha value is -0.870. The number of rotatable bonds is 6. The summed E-state index contributed by atoms with van der Waals surface area (Å²) in [7, 11) is 0. The number of aryl methyl sites for hydroxylation is 1. The van der Waals surface area contributed by atoms with Gasteiger partial charge in [0.1, 0.15) is 0 Å². The fourth-order valence-electron chi connectivity index (χ4n) is 1.44. The van der Waals surface area contributed by atoms with E-state index >= 15 is 0 Å². The second-order valence-electron chi connectivity index (χ2n) is 3.99. The van der Waals surface area contributed by atoms with Crippen molar-refractivity contribution >= 4 is 17.2 Å². The quantitative estimate of drug-likeness (QED) is 0.801. The van der Waals surface area contributed by atoms with Crippen molar-refractivity contribution in [1.82, 2.24) is 5.32 Å². The maximum atomic E-state index is 11.6. The van der Waals surface area contributed by atoms with Gasteiger partial charge in [-0.25, -0.2) is 0 Å². The number of hydrogen-bond acceptors (Lipinski definition) is 3. The highest BCUT2D eigenvalue weighted by Gasteiger charge is 2.12. The Kier molecular flexibility index (Phi) is 5.49. The molecule has 4 heteroatoms. The first-order valence-corrected chi connectivity index (χ1v) is 6.59. The molecule has 1 heterocycles. The summed E-state index contributed by atoms with van der Waals surface area (Å²) in [6, 6.07) is 1.70. The summed E-state index contributed by atoms with van der Waals surface area (Å²) in [6.45, 7) is 4.75. The van der Waals surface area contributed by atoms with E-state index in [0.717, 1.165) is 19.3 Å². The highest BCUT2D eigenvalue weighted by atomic mass is 32.1. The standard InChI is InChI=1S/C12H20N2OS/c1-3-4-5-10(13)12(15)14-8-11-9(2)6-7-16-11/h6-7,10H,3-5,8,13H2,1-2H3,(H,14,15). The lowest BCUT2D eigenvalue weighted by molar-refractivity contribution is -0.122. The minimum Gasteiger partial charge on any atom is -0.350 e. The van der Waals surface area contributed by atoms with E-state index < -0.39 is 0 Å². The van der Waals surface area contributed by atoms with Crippen molar-refractivity contribution in [3.63, 3.8) is 0 Å². The van der Waals surface area contributed by atoms with Gasteiger partial charge in [0.15, 0.2) is 0 Å². The van der Waals surface area contributed by atoms with Crippen LogP contribution in [-0.4, -0.2) is 11.9 Å². The lowest BCUT2D eigenvalue weighted by atomic mass is 10.1. The van der Waals surface area contributed by atoms with Gasteiger partial charge in [-0.2, -0.15) is 0 Å². The molecule has 0 aliphatic rings. The van der Waals surface area contributed by atoms with Gasteiger partial charge < -0.3 is 11.1 Å². The summed E-state index contributed by atoms with van der Waals surface area (Å²) >= 11 is 1.67. The van der Waals surface area contributed by atoms with E-state index in [1.165, 1.54) is 10.4 Å². The van der Waals surface area contributed by atoms with Crippen molar-refractivity contribution in [2.75, 3.05) is 0 Å². The molecule has 0 radical (unpaired) electrons. The van der Waals surface area contributed by atoms with E-state index in [9.17, 15) is 4.79 Å². The minimum atomic E-state index is -0.361. The average Bonchev–Trinajstić information content (AvgIpc) is 2.68. The molecule has 0 fully saturated rings. The zero-order valence-electron chi connectivity index (χ0n) is 9.95. The summed E-state index contributed by atoms with van der Waals surface area (Å²) in [5.74, 6) is -0.0405. The molecule has 0 aliphatic carbocycles. The molecule has 3 N–H and O–H groups in total. The highest BCUT2D eigenvalue weighted by Crippen LogP contribution is 2.14. The fourth-order valence-corrected chi connectivity index (χ4v) is 2.28. The van der Waals surface area contributed by atoms with Crippen LogP contribution in [0.15, 0.2) is 11.4 Å². The molecule has 90 valence electrons. The first kappa shape index (κ1) is 13.2. The van der Waals surface area contributed by atoms with Crippen LogP contribution in [0.2, 0.25) is 0 Å². The third-order valence-corrected chi connectivity index (χ3v) is 3.62. The maximum absolute atomic E-state index is 11.6. The molecule has 0 bridgehead atoms. The maximum Gasteiger partial charge on any atom is 0.237 e. The van der Waals surface area contributed by atoms with Crippen LogP contribution in [0.4, 0.5) is 0 Å². The van der Waals surface area contributed by atoms with Crippen LogP contribution in [0, 0.1) is 6.92 Å². The molecule has 1 rings (SSSR count). The first-order valence-electron chi connectivity index (χ1n) is 5.71. The van der Waals surface area contributed by atoms with Crippen molar-refractivity contribution in [2.24, 2.45) is 5.73 Å². The van der Waals surface area contributed by atoms with Crippen molar-refractivity contribution in [2.45, 2.75) is 45.7 Å². The molecule has 1 amide bonds. The topological polar surface area (TPSA) is 55.1 Å². The third kappa shape index (κ3) is 3.94. The number of hydrogen-bond donors (Lipinski definition) is 2. The molecule has 1 aromatic heterocycles. The van der Waals surface area contributed by atoms with Crippen LogP contribution in [0.5, 0.6) is 0 Å². The molecule has 1 unspecified atom stereocenters. The van der Waals surface area contributed by atoms with Crippen molar-refractivity contribution < 1.29 is 4.79 Å². The average molecular weight is 240 g/mol. The first-order chi connectivity index (χ1) is 7.65. The van der Waals surface area contributed by atoms with Crippen molar-refractivity contribution in [3.8, 4) is 0 Å². The molecule has 16 heavy (non-hydrogen) atoms. The van der Waals surface area contributed by atoms with Gasteiger partial charge >= 0.3 is 0 Å². The molecule has 1 atom stereocenters. The second-order valence-corrected chi connectivity index (χ2v) is 4.99. The van der Waals surface area contributed by atoms with Gasteiger partial charge in [-0.15, -0.1) is 11.3 Å². The summed E-state index contributed by atoms with van der Waals surface area (Å²) in [6.07, 6.45) is 2.85. The van der Waals surface area contributed by atoms with Crippen LogP contribution >= 0.6 is 11.3 Å². The number of amides is 1. The van der Waals surface area contributed by atoms with Crippen LogP contribution in [0.3, 0.4) is 0 Å². The molecule has 0 spiro atoms. The third-order valence-electron chi connectivity index (χ3n) is 2.60. The van der Waals surface area contributed by atoms with E-state index in [1.54, 1.807) is 11.3 Å². The molecular weight excluding hydrogens is 220 g/mol. The largest absolute Gasteiger partial charge is 0.350 e. The van der Waals surface area contributed by atoms with Crippen LogP contribution in [0.25, 0.3) is 0 Å². The number of thiophene rings is 1. The van der Waals surface area contributed by atoms with E-state index in [0.29, 0.717) is 6.54 Å². The summed E-state index contributed by atoms with van der Waals surface area (Å²) in [5, 5.41) is 4.92. The van der Waals surface area contributed by atoms with Crippen molar-refractivity contribution in [1.29, 1.82) is 0 Å². The smallest absolute Gasteiger partial charge is 0.237 e. The minimum absolute atomic E-state index is 0.0405. The van der Waals surface area contributed by atoms with Gasteiger partial charge in [0, 0.05) is 4.88 Å². The number of unbranched alkanes of at least 4 members (excludes halogenated alkanes) is 1. The second kappa shape index (κ2) is 6.66. The number of carbonyl (C=O) groups excluding carboxylic acids is 1. The van der Waals surface area contributed by atoms with Gasteiger partial charge in [-0.05, 0) is 30.4 Å². The Bertz CT molecular complexity index is 336. The number of nitrogens with two attached hydrogens (primary N) is 1. The monoisotopic (exact) mass is 240 g/mol. The molecule has 0 saturated carbocycles. The van der Waals surface area contributed by atoms with E-state index in [-0.39, 0.29) is 11.9 Å². The highest BCUT2D eigenvalue weighted by molar-refractivity contribution is 7.10. The normalized spacial score (nSPS) is 12.4. The Morgan fingerprint density at radius 3 is 2.94 bits per heavy atom. The van der Waals surface area contributed by atoms with Gasteiger partial charge in [-0.1, -0.05) is 19.8 Å². The zero-order valence-corrected chi connectivity index (χ0v) is 10.8. The van der Waals surface area contributed by atoms with Crippen LogP contribution < -0.4 is 11.1 Å². The Balaban J connectivity index is 2.32. The number of nitrogens with one attached hydrogen (secondary N) is 1. The van der Waals surface area contributed by atoms with Gasteiger partial charge in [0.25, 0.3) is 0 Å². The Morgan fingerprint density at radius 2 is 2.38 bits per heavy atom. The van der Waals surface area contributed by atoms with Crippen LogP contribution in [0.1, 0.15) is 36.6 Å². The van der Waals surface area contributed by atoms with Crippen LogP contribution in [-0.2, 0) is 11.3 Å². The number of carbonyl (C=O) groups is 1. The molecule has 0 aromatic carbocycles. The Labute approximate surface area is 101 Å². The predicted octanol–water partition coefficient (Wildman–Crippen LogP) is 2.19. The fraction of sp³-hybridized carbons (Fsp3) is 0.583. The summed E-state index contributed by atoms with van der Waals surface area (Å²) < 4.78 is 0. The molecule has 1 aromatic rings. The van der Waals surface area contributed by atoms with Gasteiger partial charge in [-0.3, -0.25) is 4.79 Å². The lowest BCUT2D eigenvalue weighted by Gasteiger charge is -2.11. The SMILES string of the molecule is CCCCC(N)C(=O)NCc1sccc1C. The summed E-state index contributed by atoms with van der Waals surface area (Å²) in [4.78, 5) is 12.8. The van der Waals surface area contributed by atoms with Gasteiger partial charge in [0.05, 0.1) is 12.6 Å². The molecule has 0 saturated heterocycles. The lowest BCUT2D eigenvalue weighted by Crippen LogP contribution is -2.40. The predicted molar refractivity (Wildman–Crippen MR) is 68.4 cm³/mol.